The van der Waals surface area contributed by atoms with Crippen molar-refractivity contribution in [3.05, 3.63) is 0 Å². The number of Topliss-reactive ketones (excluding diaryl/α,β-unsaturated/α-hetero) is 1. The number of carbonyl (C=O) groups is 1. The Morgan fingerprint density at radius 3 is 2.82 bits per heavy atom. The van der Waals surface area contributed by atoms with Crippen molar-refractivity contribution in [2.24, 2.45) is 11.8 Å². The highest BCUT2D eigenvalue weighted by Crippen LogP contribution is 2.27. The first kappa shape index (κ1) is 8.40. The predicted molar refractivity (Wildman–Crippen MR) is 41.7 cm³/mol. The zero-order valence-corrected chi connectivity index (χ0v) is 6.42. The molecule has 3 heteroatoms. The zero-order valence-electron chi connectivity index (χ0n) is 6.42. The van der Waals surface area contributed by atoms with Gasteiger partial charge in [-0.3, -0.25) is 4.79 Å². The van der Waals surface area contributed by atoms with Crippen LogP contribution in [0.25, 0.3) is 0 Å². The van der Waals surface area contributed by atoms with Crippen LogP contribution in [0.15, 0.2) is 0 Å². The number of hydrogen-bond acceptors (Lipinski definition) is 3. The number of rotatable bonds is 3. The van der Waals surface area contributed by atoms with E-state index in [-0.39, 0.29) is 24.2 Å². The second-order valence-electron chi connectivity index (χ2n) is 2.96. The third-order valence-electron chi connectivity index (χ3n) is 2.27. The van der Waals surface area contributed by atoms with Crippen LogP contribution in [0.3, 0.4) is 0 Å². The highest BCUT2D eigenvalue weighted by atomic mass is 16.3. The van der Waals surface area contributed by atoms with Gasteiger partial charge in [-0.15, -0.1) is 0 Å². The number of aliphatic hydroxyl groups excluding tert-OH is 1. The molecular formula is C8H13NO2. The summed E-state index contributed by atoms with van der Waals surface area (Å²) in [6.07, 6.45) is 3.44. The van der Waals surface area contributed by atoms with E-state index >= 15 is 0 Å². The molecule has 3 nitrogen and oxygen atoms in total. The summed E-state index contributed by atoms with van der Waals surface area (Å²) in [5, 5.41) is 15.5. The summed E-state index contributed by atoms with van der Waals surface area (Å²) in [5.41, 5.74) is 0. The number of carbonyl (C=O) groups excluding carboxylic acids is 1. The van der Waals surface area contributed by atoms with Crippen LogP contribution < -0.4 is 0 Å². The molecule has 1 fully saturated rings. The van der Waals surface area contributed by atoms with E-state index in [1.165, 1.54) is 6.21 Å². The molecule has 0 aromatic heterocycles. The molecule has 1 saturated carbocycles. The summed E-state index contributed by atoms with van der Waals surface area (Å²) < 4.78 is 0. The fourth-order valence-corrected chi connectivity index (χ4v) is 1.58. The van der Waals surface area contributed by atoms with Gasteiger partial charge in [0, 0.05) is 18.7 Å². The Kier molecular flexibility index (Phi) is 2.76. The van der Waals surface area contributed by atoms with Gasteiger partial charge in [0.05, 0.1) is 5.92 Å². The van der Waals surface area contributed by atoms with Gasteiger partial charge in [0.15, 0.2) is 0 Å². The maximum atomic E-state index is 11.3. The highest BCUT2D eigenvalue weighted by molar-refractivity contribution is 5.97. The first-order valence-corrected chi connectivity index (χ1v) is 3.94. The van der Waals surface area contributed by atoms with Crippen molar-refractivity contribution in [2.45, 2.75) is 19.3 Å². The predicted octanol–water partition coefficient (Wildman–Crippen LogP) is 0.614. The number of aliphatic hydroxyl groups is 1. The Balaban J connectivity index is 2.48. The van der Waals surface area contributed by atoms with E-state index in [2.05, 4.69) is 0 Å². The molecule has 62 valence electrons. The molecule has 0 spiro atoms. The van der Waals surface area contributed by atoms with Crippen molar-refractivity contribution in [3.63, 3.8) is 0 Å². The lowest BCUT2D eigenvalue weighted by Crippen LogP contribution is -2.15. The lowest BCUT2D eigenvalue weighted by atomic mass is 10.0. The van der Waals surface area contributed by atoms with Gasteiger partial charge >= 0.3 is 0 Å². The summed E-state index contributed by atoms with van der Waals surface area (Å²) in [6.45, 7) is 0.0845. The number of nitrogens with one attached hydrogen (secondary N) is 1. The van der Waals surface area contributed by atoms with Crippen LogP contribution >= 0.6 is 0 Å². The molecule has 2 unspecified atom stereocenters. The van der Waals surface area contributed by atoms with E-state index in [9.17, 15) is 4.79 Å². The maximum absolute atomic E-state index is 11.3. The lowest BCUT2D eigenvalue weighted by Gasteiger charge is -2.04. The minimum atomic E-state index is -0.161. The Labute approximate surface area is 65.9 Å². The molecule has 0 bridgehead atoms. The monoisotopic (exact) mass is 155 g/mol. The molecule has 0 amide bonds. The fraction of sp³-hybridized carbons (Fsp3) is 0.750. The molecule has 11 heavy (non-hydrogen) atoms. The van der Waals surface area contributed by atoms with Crippen molar-refractivity contribution >= 4 is 12.0 Å². The van der Waals surface area contributed by atoms with Gasteiger partial charge < -0.3 is 10.5 Å². The molecule has 0 radical (unpaired) electrons. The van der Waals surface area contributed by atoms with Gasteiger partial charge in [0.1, 0.15) is 5.78 Å². The van der Waals surface area contributed by atoms with Crippen LogP contribution in [-0.2, 0) is 4.79 Å². The average Bonchev–Trinajstić information content (AvgIpc) is 2.34. The van der Waals surface area contributed by atoms with E-state index < -0.39 is 0 Å². The smallest absolute Gasteiger partial charge is 0.144 e. The van der Waals surface area contributed by atoms with E-state index in [1.807, 2.05) is 0 Å². The Morgan fingerprint density at radius 2 is 2.36 bits per heavy atom. The number of hydrogen-bond donors (Lipinski definition) is 2. The van der Waals surface area contributed by atoms with Gasteiger partial charge in [-0.1, -0.05) is 0 Å². The van der Waals surface area contributed by atoms with Crippen molar-refractivity contribution in [2.75, 3.05) is 6.61 Å². The molecule has 0 saturated heterocycles. The third-order valence-corrected chi connectivity index (χ3v) is 2.27. The van der Waals surface area contributed by atoms with E-state index in [4.69, 9.17) is 10.5 Å². The first-order valence-electron chi connectivity index (χ1n) is 3.94. The van der Waals surface area contributed by atoms with Crippen LogP contribution in [0.2, 0.25) is 0 Å². The first-order chi connectivity index (χ1) is 5.29. The molecule has 1 rings (SSSR count). The topological polar surface area (TPSA) is 61.1 Å². The summed E-state index contributed by atoms with van der Waals surface area (Å²) in [6, 6.07) is 0. The van der Waals surface area contributed by atoms with Crippen LogP contribution in [0.5, 0.6) is 0 Å². The normalized spacial score (nSPS) is 30.8. The van der Waals surface area contributed by atoms with Gasteiger partial charge in [-0.25, -0.2) is 0 Å². The average molecular weight is 155 g/mol. The van der Waals surface area contributed by atoms with Gasteiger partial charge in [-0.2, -0.15) is 0 Å². The van der Waals surface area contributed by atoms with Crippen molar-refractivity contribution in [1.82, 2.24) is 0 Å². The van der Waals surface area contributed by atoms with Crippen LogP contribution in [0.4, 0.5) is 0 Å². The van der Waals surface area contributed by atoms with Gasteiger partial charge in [-0.05, 0) is 19.3 Å². The van der Waals surface area contributed by atoms with E-state index in [1.54, 1.807) is 0 Å². The molecule has 1 aliphatic rings. The Hall–Kier alpha value is -0.700. The largest absolute Gasteiger partial charge is 0.396 e. The molecule has 0 aliphatic heterocycles. The third kappa shape index (κ3) is 1.66. The Bertz CT molecular complexity index is 167. The van der Waals surface area contributed by atoms with Gasteiger partial charge in [0.25, 0.3) is 0 Å². The Morgan fingerprint density at radius 1 is 1.64 bits per heavy atom. The summed E-state index contributed by atoms with van der Waals surface area (Å²) in [5.74, 6) is 0.00667. The second kappa shape index (κ2) is 3.62. The lowest BCUT2D eigenvalue weighted by molar-refractivity contribution is -0.122. The van der Waals surface area contributed by atoms with Crippen LogP contribution in [0, 0.1) is 17.2 Å². The summed E-state index contributed by atoms with van der Waals surface area (Å²) in [4.78, 5) is 11.3. The maximum Gasteiger partial charge on any atom is 0.144 e. The molecule has 0 aromatic rings. The molecule has 0 aromatic carbocycles. The van der Waals surface area contributed by atoms with Crippen molar-refractivity contribution in [3.8, 4) is 0 Å². The van der Waals surface area contributed by atoms with Crippen LogP contribution in [-0.4, -0.2) is 23.7 Å². The van der Waals surface area contributed by atoms with E-state index in [0.717, 1.165) is 12.8 Å². The van der Waals surface area contributed by atoms with E-state index in [0.29, 0.717) is 6.42 Å². The van der Waals surface area contributed by atoms with Crippen molar-refractivity contribution < 1.29 is 9.90 Å². The number of ketones is 1. The second-order valence-corrected chi connectivity index (χ2v) is 2.96. The molecule has 0 heterocycles. The van der Waals surface area contributed by atoms with Crippen LogP contribution in [0.1, 0.15) is 19.3 Å². The highest BCUT2D eigenvalue weighted by Gasteiger charge is 2.31. The minimum Gasteiger partial charge on any atom is -0.396 e. The SMILES string of the molecule is N=CC1CCC(CCO)C1=O. The molecule has 1 aliphatic carbocycles. The summed E-state index contributed by atoms with van der Waals surface area (Å²) >= 11 is 0. The summed E-state index contributed by atoms with van der Waals surface area (Å²) in [7, 11) is 0. The zero-order chi connectivity index (χ0) is 8.27. The molecular weight excluding hydrogens is 142 g/mol. The standard InChI is InChI=1S/C8H13NO2/c9-5-7-2-1-6(3-4-10)8(7)11/h5-7,9-10H,1-4H2. The van der Waals surface area contributed by atoms with Gasteiger partial charge in [0.2, 0.25) is 0 Å². The van der Waals surface area contributed by atoms with Crippen molar-refractivity contribution in [1.29, 1.82) is 5.41 Å². The molecule has 2 atom stereocenters. The quantitative estimate of drug-likeness (QED) is 0.587. The minimum absolute atomic E-state index is 0.0200. The molecule has 2 N–H and O–H groups in total. The fourth-order valence-electron chi connectivity index (χ4n) is 1.58.